The summed E-state index contributed by atoms with van der Waals surface area (Å²) in [6.45, 7) is 6.40. The molecule has 2 heterocycles. The second-order valence-electron chi connectivity index (χ2n) is 6.90. The largest absolute Gasteiger partial charge is 0.489 e. The van der Waals surface area contributed by atoms with Crippen molar-refractivity contribution in [1.82, 2.24) is 24.8 Å². The number of benzene rings is 2. The maximum absolute atomic E-state index is 12.3. The summed E-state index contributed by atoms with van der Waals surface area (Å²) < 4.78 is 8.63. The molecular formula is C21H21N5O2S. The lowest BCUT2D eigenvalue weighted by Gasteiger charge is -2.14. The molecule has 29 heavy (non-hydrogen) atoms. The molecule has 4 rings (SSSR count). The number of tetrazole rings is 1. The quantitative estimate of drug-likeness (QED) is 0.505. The molecule has 2 aromatic carbocycles. The van der Waals surface area contributed by atoms with E-state index >= 15 is 0 Å². The number of ether oxygens (including phenoxy) is 1. The molecule has 7 nitrogen and oxygen atoms in total. The molecule has 0 fully saturated rings. The van der Waals surface area contributed by atoms with Gasteiger partial charge in [0.05, 0.1) is 16.9 Å². The van der Waals surface area contributed by atoms with Crippen molar-refractivity contribution in [2.24, 2.45) is 7.05 Å². The van der Waals surface area contributed by atoms with Crippen molar-refractivity contribution in [2.75, 3.05) is 0 Å². The van der Waals surface area contributed by atoms with Crippen molar-refractivity contribution in [3.8, 4) is 22.7 Å². The van der Waals surface area contributed by atoms with Gasteiger partial charge in [-0.25, -0.2) is 9.78 Å². The molecule has 0 atom stereocenters. The van der Waals surface area contributed by atoms with Gasteiger partial charge in [0.1, 0.15) is 12.4 Å². The van der Waals surface area contributed by atoms with Crippen LogP contribution in [0.1, 0.15) is 21.6 Å². The lowest BCUT2D eigenvalue weighted by molar-refractivity contribution is 0.302. The van der Waals surface area contributed by atoms with Crippen LogP contribution in [0.25, 0.3) is 16.9 Å². The lowest BCUT2D eigenvalue weighted by Crippen LogP contribution is -2.23. The smallest absolute Gasteiger partial charge is 0.368 e. The van der Waals surface area contributed by atoms with Crippen molar-refractivity contribution < 1.29 is 4.74 Å². The Morgan fingerprint density at radius 1 is 1.07 bits per heavy atom. The molecule has 148 valence electrons. The summed E-state index contributed by atoms with van der Waals surface area (Å²) in [5.41, 5.74) is 7.28. The van der Waals surface area contributed by atoms with Gasteiger partial charge in [0.25, 0.3) is 0 Å². The Hall–Kier alpha value is -3.26. The average molecular weight is 407 g/mol. The number of thiazole rings is 1. The second-order valence-corrected chi connectivity index (χ2v) is 7.95. The molecule has 0 saturated heterocycles. The Morgan fingerprint density at radius 2 is 1.90 bits per heavy atom. The van der Waals surface area contributed by atoms with Crippen molar-refractivity contribution in [2.45, 2.75) is 27.4 Å². The molecule has 0 aliphatic rings. The summed E-state index contributed by atoms with van der Waals surface area (Å²) in [7, 11) is 1.58. The van der Waals surface area contributed by atoms with Gasteiger partial charge in [-0.1, -0.05) is 12.1 Å². The van der Waals surface area contributed by atoms with Gasteiger partial charge in [-0.05, 0) is 66.6 Å². The minimum atomic E-state index is -0.295. The molecule has 0 amide bonds. The SMILES string of the molecule is Cc1cc(-c2ncsc2C)ccc1OCc1c(C)cccc1-n1nnn(C)c1=O. The molecule has 8 heteroatoms. The predicted molar refractivity (Wildman–Crippen MR) is 113 cm³/mol. The van der Waals surface area contributed by atoms with Crippen molar-refractivity contribution in [1.29, 1.82) is 0 Å². The molecule has 0 bridgehead atoms. The molecule has 0 spiro atoms. The highest BCUT2D eigenvalue weighted by molar-refractivity contribution is 7.10. The van der Waals surface area contributed by atoms with Gasteiger partial charge in [0.2, 0.25) is 0 Å². The zero-order valence-corrected chi connectivity index (χ0v) is 17.5. The minimum Gasteiger partial charge on any atom is -0.489 e. The maximum Gasteiger partial charge on any atom is 0.368 e. The van der Waals surface area contributed by atoms with Gasteiger partial charge < -0.3 is 4.74 Å². The zero-order chi connectivity index (χ0) is 20.5. The maximum atomic E-state index is 12.3. The fourth-order valence-electron chi connectivity index (χ4n) is 3.23. The van der Waals surface area contributed by atoms with Crippen LogP contribution in [-0.4, -0.2) is 24.8 Å². The minimum absolute atomic E-state index is 0.295. The molecule has 0 aliphatic heterocycles. The monoisotopic (exact) mass is 407 g/mol. The van der Waals surface area contributed by atoms with Crippen LogP contribution in [0, 0.1) is 20.8 Å². The Labute approximate surface area is 172 Å². The first-order valence-electron chi connectivity index (χ1n) is 9.17. The lowest BCUT2D eigenvalue weighted by atomic mass is 10.1. The van der Waals surface area contributed by atoms with Crippen LogP contribution in [0.3, 0.4) is 0 Å². The Balaban J connectivity index is 1.62. The molecule has 2 aromatic heterocycles. The Bertz CT molecular complexity index is 1240. The molecule has 4 aromatic rings. The van der Waals surface area contributed by atoms with Crippen LogP contribution >= 0.6 is 11.3 Å². The molecular weight excluding hydrogens is 386 g/mol. The van der Waals surface area contributed by atoms with Crippen molar-refractivity contribution in [3.05, 3.63) is 74.0 Å². The normalized spacial score (nSPS) is 11.0. The first-order valence-corrected chi connectivity index (χ1v) is 10.1. The van der Waals surface area contributed by atoms with Crippen LogP contribution < -0.4 is 10.4 Å². The van der Waals surface area contributed by atoms with Crippen LogP contribution in [-0.2, 0) is 13.7 Å². The highest BCUT2D eigenvalue weighted by Crippen LogP contribution is 2.30. The molecule has 0 saturated carbocycles. The van der Waals surface area contributed by atoms with Gasteiger partial charge in [-0.2, -0.15) is 9.36 Å². The second kappa shape index (κ2) is 7.63. The molecule has 0 N–H and O–H groups in total. The highest BCUT2D eigenvalue weighted by atomic mass is 32.1. The third kappa shape index (κ3) is 3.58. The summed E-state index contributed by atoms with van der Waals surface area (Å²) >= 11 is 1.64. The van der Waals surface area contributed by atoms with E-state index in [4.69, 9.17) is 4.74 Å². The summed E-state index contributed by atoms with van der Waals surface area (Å²) in [6.07, 6.45) is 0. The first kappa shape index (κ1) is 19.1. The number of nitrogens with zero attached hydrogens (tertiary/aromatic N) is 5. The molecule has 0 radical (unpaired) electrons. The Morgan fingerprint density at radius 3 is 2.55 bits per heavy atom. The van der Waals surface area contributed by atoms with E-state index in [-0.39, 0.29) is 5.69 Å². The topological polar surface area (TPSA) is 74.8 Å². The summed E-state index contributed by atoms with van der Waals surface area (Å²) in [4.78, 5) is 17.9. The number of aryl methyl sites for hydroxylation is 4. The van der Waals surface area contributed by atoms with Crippen LogP contribution in [0.15, 0.2) is 46.7 Å². The van der Waals surface area contributed by atoms with Crippen LogP contribution in [0.5, 0.6) is 5.75 Å². The van der Waals surface area contributed by atoms with E-state index in [0.29, 0.717) is 12.3 Å². The fourth-order valence-corrected chi connectivity index (χ4v) is 3.83. The van der Waals surface area contributed by atoms with Gasteiger partial charge in [0, 0.05) is 23.1 Å². The highest BCUT2D eigenvalue weighted by Gasteiger charge is 2.14. The first-order chi connectivity index (χ1) is 14.0. The third-order valence-electron chi connectivity index (χ3n) is 4.90. The number of rotatable bonds is 5. The predicted octanol–water partition coefficient (Wildman–Crippen LogP) is 3.59. The Kier molecular flexibility index (Phi) is 5.02. The van der Waals surface area contributed by atoms with Crippen molar-refractivity contribution >= 4 is 11.3 Å². The van der Waals surface area contributed by atoms with Crippen LogP contribution in [0.4, 0.5) is 0 Å². The van der Waals surface area contributed by atoms with Gasteiger partial charge in [-0.3, -0.25) is 0 Å². The van der Waals surface area contributed by atoms with Gasteiger partial charge in [0.15, 0.2) is 0 Å². The van der Waals surface area contributed by atoms with E-state index in [1.807, 2.05) is 49.7 Å². The molecule has 0 unspecified atom stereocenters. The zero-order valence-electron chi connectivity index (χ0n) is 16.7. The fraction of sp³-hybridized carbons (Fsp3) is 0.238. The van der Waals surface area contributed by atoms with E-state index in [9.17, 15) is 4.79 Å². The van der Waals surface area contributed by atoms with E-state index in [0.717, 1.165) is 33.7 Å². The standard InChI is InChI=1S/C21H21N5O2S/c1-13-6-5-7-18(26-21(27)25(4)23-24-26)17(13)11-28-19-9-8-16(10-14(19)2)20-15(3)29-12-22-20/h5-10,12H,11H2,1-4H3. The van der Waals surface area contributed by atoms with Gasteiger partial charge in [-0.15, -0.1) is 11.3 Å². The third-order valence-corrected chi connectivity index (χ3v) is 5.66. The number of hydrogen-bond acceptors (Lipinski definition) is 6. The van der Waals surface area contributed by atoms with E-state index < -0.39 is 0 Å². The van der Waals surface area contributed by atoms with Crippen molar-refractivity contribution in [3.63, 3.8) is 0 Å². The summed E-state index contributed by atoms with van der Waals surface area (Å²) in [5, 5.41) is 7.77. The van der Waals surface area contributed by atoms with E-state index in [2.05, 4.69) is 28.4 Å². The summed E-state index contributed by atoms with van der Waals surface area (Å²) in [5.74, 6) is 0.794. The van der Waals surface area contributed by atoms with E-state index in [1.54, 1.807) is 18.4 Å². The van der Waals surface area contributed by atoms with Crippen LogP contribution in [0.2, 0.25) is 0 Å². The number of aromatic nitrogens is 5. The average Bonchev–Trinajstić information content (AvgIpc) is 3.27. The summed E-state index contributed by atoms with van der Waals surface area (Å²) in [6, 6.07) is 11.8. The van der Waals surface area contributed by atoms with E-state index in [1.165, 1.54) is 14.2 Å². The number of hydrogen-bond donors (Lipinski definition) is 0. The molecule has 0 aliphatic carbocycles. The van der Waals surface area contributed by atoms with Gasteiger partial charge >= 0.3 is 5.69 Å².